The third-order valence-corrected chi connectivity index (χ3v) is 6.30. The van der Waals surface area contributed by atoms with Gasteiger partial charge >= 0.3 is 5.63 Å². The van der Waals surface area contributed by atoms with E-state index in [4.69, 9.17) is 20.8 Å². The van der Waals surface area contributed by atoms with Crippen LogP contribution in [0.4, 0.5) is 0 Å². The van der Waals surface area contributed by atoms with Crippen LogP contribution in [0.5, 0.6) is 0 Å². The standard InChI is InChI=1S/C22H27ClN2O4/c1-2-15-10-20-18(12-19(15)23)17(11-21(26)29-20)14-24-5-3-4-16(13-24)22(27)25-6-8-28-9-7-25/h10-12,16H,2-9,13-14H2,1H3. The summed E-state index contributed by atoms with van der Waals surface area (Å²) < 4.78 is 10.8. The fourth-order valence-electron chi connectivity index (χ4n) is 4.37. The highest BCUT2D eigenvalue weighted by Gasteiger charge is 2.30. The number of ether oxygens (including phenoxy) is 1. The molecule has 0 spiro atoms. The maximum absolute atomic E-state index is 12.9. The Kier molecular flexibility index (Phi) is 6.23. The van der Waals surface area contributed by atoms with Crippen molar-refractivity contribution in [1.29, 1.82) is 0 Å². The molecule has 156 valence electrons. The topological polar surface area (TPSA) is 63.0 Å². The van der Waals surface area contributed by atoms with Gasteiger partial charge in [-0.05, 0) is 49.1 Å². The highest BCUT2D eigenvalue weighted by atomic mass is 35.5. The molecule has 0 bridgehead atoms. The van der Waals surface area contributed by atoms with Gasteiger partial charge in [-0.1, -0.05) is 18.5 Å². The highest BCUT2D eigenvalue weighted by Crippen LogP contribution is 2.28. The van der Waals surface area contributed by atoms with E-state index in [1.54, 1.807) is 6.07 Å². The maximum atomic E-state index is 12.9. The Hall–Kier alpha value is -1.89. The number of carbonyl (C=O) groups excluding carboxylic acids is 1. The third-order valence-electron chi connectivity index (χ3n) is 5.95. The van der Waals surface area contributed by atoms with Crippen LogP contribution in [0.3, 0.4) is 0 Å². The van der Waals surface area contributed by atoms with Gasteiger partial charge < -0.3 is 14.1 Å². The van der Waals surface area contributed by atoms with Crippen molar-refractivity contribution in [2.24, 2.45) is 5.92 Å². The molecule has 4 rings (SSSR count). The summed E-state index contributed by atoms with van der Waals surface area (Å²) in [6, 6.07) is 5.32. The summed E-state index contributed by atoms with van der Waals surface area (Å²) in [5, 5.41) is 1.56. The van der Waals surface area contributed by atoms with Gasteiger partial charge in [-0.2, -0.15) is 0 Å². The minimum Gasteiger partial charge on any atom is -0.423 e. The number of amides is 1. The molecule has 1 aromatic heterocycles. The zero-order chi connectivity index (χ0) is 20.4. The molecule has 1 atom stereocenters. The van der Waals surface area contributed by atoms with E-state index in [1.165, 1.54) is 0 Å². The lowest BCUT2D eigenvalue weighted by atomic mass is 9.95. The van der Waals surface area contributed by atoms with E-state index >= 15 is 0 Å². The smallest absolute Gasteiger partial charge is 0.336 e. The lowest BCUT2D eigenvalue weighted by molar-refractivity contribution is -0.141. The fourth-order valence-corrected chi connectivity index (χ4v) is 4.67. The summed E-state index contributed by atoms with van der Waals surface area (Å²) in [6.45, 7) is 6.85. The molecule has 29 heavy (non-hydrogen) atoms. The van der Waals surface area contributed by atoms with Gasteiger partial charge in [-0.25, -0.2) is 4.79 Å². The molecule has 2 fully saturated rings. The Morgan fingerprint density at radius 2 is 1.97 bits per heavy atom. The lowest BCUT2D eigenvalue weighted by Crippen LogP contribution is -2.48. The van der Waals surface area contributed by atoms with E-state index in [-0.39, 0.29) is 17.5 Å². The molecule has 1 unspecified atom stereocenters. The van der Waals surface area contributed by atoms with Crippen LogP contribution in [0.2, 0.25) is 5.02 Å². The molecule has 2 aliphatic rings. The number of likely N-dealkylation sites (tertiary alicyclic amines) is 1. The molecule has 3 heterocycles. The number of fused-ring (bicyclic) bond motifs is 1. The molecule has 0 aliphatic carbocycles. The van der Waals surface area contributed by atoms with Crippen LogP contribution in [0.25, 0.3) is 11.0 Å². The summed E-state index contributed by atoms with van der Waals surface area (Å²) in [5.74, 6) is 0.231. The third kappa shape index (κ3) is 4.49. The second-order valence-corrected chi connectivity index (χ2v) is 8.30. The largest absolute Gasteiger partial charge is 0.423 e. The van der Waals surface area contributed by atoms with Gasteiger partial charge in [0.2, 0.25) is 5.91 Å². The maximum Gasteiger partial charge on any atom is 0.336 e. The van der Waals surface area contributed by atoms with Gasteiger partial charge in [0, 0.05) is 42.7 Å². The quantitative estimate of drug-likeness (QED) is 0.714. The van der Waals surface area contributed by atoms with Gasteiger partial charge in [0.1, 0.15) is 5.58 Å². The Morgan fingerprint density at radius 3 is 2.72 bits per heavy atom. The highest BCUT2D eigenvalue weighted by molar-refractivity contribution is 6.32. The van der Waals surface area contributed by atoms with Gasteiger partial charge in [0.05, 0.1) is 19.1 Å². The van der Waals surface area contributed by atoms with Crippen LogP contribution >= 0.6 is 11.6 Å². The van der Waals surface area contributed by atoms with E-state index in [0.717, 1.165) is 42.3 Å². The molecule has 7 heteroatoms. The molecule has 1 aromatic carbocycles. The number of piperidine rings is 1. The SMILES string of the molecule is CCc1cc2oc(=O)cc(CN3CCCC(C(=O)N4CCOCC4)C3)c2cc1Cl. The Balaban J connectivity index is 1.54. The fraction of sp³-hybridized carbons (Fsp3) is 0.545. The molecular formula is C22H27ClN2O4. The van der Waals surface area contributed by atoms with Crippen molar-refractivity contribution < 1.29 is 13.9 Å². The van der Waals surface area contributed by atoms with Gasteiger partial charge in [0.15, 0.2) is 0 Å². The average Bonchev–Trinajstić information content (AvgIpc) is 2.74. The van der Waals surface area contributed by atoms with Crippen molar-refractivity contribution in [2.45, 2.75) is 32.7 Å². The first-order valence-electron chi connectivity index (χ1n) is 10.4. The van der Waals surface area contributed by atoms with Crippen LogP contribution in [0.1, 0.15) is 30.9 Å². The van der Waals surface area contributed by atoms with Crippen molar-refractivity contribution in [3.8, 4) is 0 Å². The lowest BCUT2D eigenvalue weighted by Gasteiger charge is -2.36. The van der Waals surface area contributed by atoms with Crippen molar-refractivity contribution in [1.82, 2.24) is 9.80 Å². The van der Waals surface area contributed by atoms with Crippen LogP contribution in [0.15, 0.2) is 27.4 Å². The van der Waals surface area contributed by atoms with E-state index in [9.17, 15) is 9.59 Å². The Bertz CT molecular complexity index is 952. The molecule has 0 radical (unpaired) electrons. The second kappa shape index (κ2) is 8.86. The number of hydrogen-bond acceptors (Lipinski definition) is 5. The van der Waals surface area contributed by atoms with Gasteiger partial charge in [0.25, 0.3) is 0 Å². The Morgan fingerprint density at radius 1 is 1.17 bits per heavy atom. The number of halogens is 1. The van der Waals surface area contributed by atoms with Gasteiger partial charge in [-0.3, -0.25) is 9.69 Å². The zero-order valence-electron chi connectivity index (χ0n) is 16.8. The van der Waals surface area contributed by atoms with Crippen molar-refractivity contribution in [3.63, 3.8) is 0 Å². The van der Waals surface area contributed by atoms with Crippen molar-refractivity contribution in [2.75, 3.05) is 39.4 Å². The average molecular weight is 419 g/mol. The van der Waals surface area contributed by atoms with Gasteiger partial charge in [-0.15, -0.1) is 0 Å². The minimum atomic E-state index is -0.352. The van der Waals surface area contributed by atoms with Crippen LogP contribution in [-0.2, 0) is 22.5 Å². The first kappa shape index (κ1) is 20.4. The predicted molar refractivity (Wildman–Crippen MR) is 112 cm³/mol. The first-order chi connectivity index (χ1) is 14.0. The summed E-state index contributed by atoms with van der Waals surface area (Å²) >= 11 is 6.41. The predicted octanol–water partition coefficient (Wildman–Crippen LogP) is 3.08. The zero-order valence-corrected chi connectivity index (χ0v) is 17.5. The number of hydrogen-bond donors (Lipinski definition) is 0. The normalized spacial score (nSPS) is 20.9. The number of morpholine rings is 1. The first-order valence-corrected chi connectivity index (χ1v) is 10.8. The number of benzene rings is 1. The molecule has 0 N–H and O–H groups in total. The second-order valence-electron chi connectivity index (χ2n) is 7.90. The van der Waals surface area contributed by atoms with Crippen LogP contribution in [0, 0.1) is 5.92 Å². The number of carbonyl (C=O) groups is 1. The molecule has 1 amide bonds. The molecule has 2 saturated heterocycles. The van der Waals surface area contributed by atoms with E-state index < -0.39 is 0 Å². The summed E-state index contributed by atoms with van der Waals surface area (Å²) in [4.78, 5) is 29.2. The molecule has 6 nitrogen and oxygen atoms in total. The Labute approximate surface area is 175 Å². The molecule has 0 saturated carbocycles. The summed E-state index contributed by atoms with van der Waals surface area (Å²) in [7, 11) is 0. The van der Waals surface area contributed by atoms with E-state index in [1.807, 2.05) is 24.0 Å². The molecule has 2 aliphatic heterocycles. The van der Waals surface area contributed by atoms with Crippen molar-refractivity contribution >= 4 is 28.5 Å². The molecular weight excluding hydrogens is 392 g/mol. The number of nitrogens with zero attached hydrogens (tertiary/aromatic N) is 2. The van der Waals surface area contributed by atoms with Crippen molar-refractivity contribution in [3.05, 3.63) is 44.8 Å². The number of rotatable bonds is 4. The van der Waals surface area contributed by atoms with E-state index in [0.29, 0.717) is 50.0 Å². The van der Waals surface area contributed by atoms with Crippen LogP contribution in [-0.4, -0.2) is 55.1 Å². The summed E-state index contributed by atoms with van der Waals surface area (Å²) in [5.41, 5.74) is 2.09. The molecule has 2 aromatic rings. The van der Waals surface area contributed by atoms with E-state index in [2.05, 4.69) is 4.90 Å². The number of aryl methyl sites for hydroxylation is 1. The minimum absolute atomic E-state index is 0.00326. The van der Waals surface area contributed by atoms with Crippen LogP contribution < -0.4 is 5.63 Å². The summed E-state index contributed by atoms with van der Waals surface area (Å²) in [6.07, 6.45) is 2.66. The monoisotopic (exact) mass is 418 g/mol.